The molecule has 1 aliphatic rings. The first-order chi connectivity index (χ1) is 11.8. The molecule has 2 heterocycles. The Kier molecular flexibility index (Phi) is 3.79. The highest BCUT2D eigenvalue weighted by Gasteiger charge is 2.18. The Balaban J connectivity index is 1.50. The highest BCUT2D eigenvalue weighted by molar-refractivity contribution is 5.92. The van der Waals surface area contributed by atoms with E-state index in [9.17, 15) is 4.79 Å². The number of nitrogens with zero attached hydrogens (tertiary/aromatic N) is 3. The van der Waals surface area contributed by atoms with E-state index in [2.05, 4.69) is 28.2 Å². The summed E-state index contributed by atoms with van der Waals surface area (Å²) in [7, 11) is 0. The summed E-state index contributed by atoms with van der Waals surface area (Å²) in [5.41, 5.74) is 4.95. The third-order valence-corrected chi connectivity index (χ3v) is 4.31. The van der Waals surface area contributed by atoms with E-state index in [4.69, 9.17) is 0 Å². The molecule has 3 aromatic rings. The van der Waals surface area contributed by atoms with Crippen LogP contribution in [0.3, 0.4) is 0 Å². The highest BCUT2D eigenvalue weighted by atomic mass is 16.2. The number of aromatic nitrogens is 2. The average molecular weight is 315 g/mol. The molecule has 0 aliphatic carbocycles. The second kappa shape index (κ2) is 6.24. The zero-order valence-corrected chi connectivity index (χ0v) is 13.2. The van der Waals surface area contributed by atoms with Gasteiger partial charge in [0.15, 0.2) is 0 Å². The maximum absolute atomic E-state index is 12.4. The van der Waals surface area contributed by atoms with Gasteiger partial charge >= 0.3 is 0 Å². The Hall–Kier alpha value is -3.01. The van der Waals surface area contributed by atoms with E-state index in [0.29, 0.717) is 12.2 Å². The van der Waals surface area contributed by atoms with Gasteiger partial charge in [-0.15, -0.1) is 0 Å². The summed E-state index contributed by atoms with van der Waals surface area (Å²) in [5.74, 6) is 0.0134. The van der Waals surface area contributed by atoms with Gasteiger partial charge < -0.3 is 4.90 Å². The number of benzene rings is 2. The van der Waals surface area contributed by atoms with Crippen molar-refractivity contribution in [3.05, 3.63) is 77.6 Å². The van der Waals surface area contributed by atoms with Gasteiger partial charge in [-0.2, -0.15) is 0 Å². The highest BCUT2D eigenvalue weighted by Crippen LogP contribution is 2.18. The van der Waals surface area contributed by atoms with Crippen LogP contribution in [0.15, 0.2) is 60.8 Å². The van der Waals surface area contributed by atoms with Crippen molar-refractivity contribution in [3.63, 3.8) is 0 Å². The number of para-hydroxylation sites is 2. The molecular weight excluding hydrogens is 298 g/mol. The lowest BCUT2D eigenvalue weighted by Gasteiger charge is -2.27. The Bertz CT molecular complexity index is 933. The summed E-state index contributed by atoms with van der Waals surface area (Å²) in [6.07, 6.45) is 5.93. The molecule has 118 valence electrons. The first kappa shape index (κ1) is 14.6. The maximum Gasteiger partial charge on any atom is 0.246 e. The van der Waals surface area contributed by atoms with E-state index >= 15 is 0 Å². The molecule has 1 aliphatic heterocycles. The molecule has 2 aromatic carbocycles. The van der Waals surface area contributed by atoms with E-state index in [0.717, 1.165) is 24.0 Å². The smallest absolute Gasteiger partial charge is 0.246 e. The third-order valence-electron chi connectivity index (χ3n) is 4.31. The van der Waals surface area contributed by atoms with Crippen molar-refractivity contribution in [2.24, 2.45) is 0 Å². The summed E-state index contributed by atoms with van der Waals surface area (Å²) >= 11 is 0. The summed E-state index contributed by atoms with van der Waals surface area (Å²) in [6.45, 7) is 1.42. The summed E-state index contributed by atoms with van der Waals surface area (Å²) in [5, 5.41) is 0. The van der Waals surface area contributed by atoms with Crippen LogP contribution in [0, 0.1) is 0 Å². The molecule has 0 atom stereocenters. The Morgan fingerprint density at radius 1 is 1.00 bits per heavy atom. The first-order valence-corrected chi connectivity index (χ1v) is 8.05. The van der Waals surface area contributed by atoms with Crippen molar-refractivity contribution in [3.8, 4) is 0 Å². The van der Waals surface area contributed by atoms with Gasteiger partial charge in [-0.1, -0.05) is 36.4 Å². The van der Waals surface area contributed by atoms with E-state index in [-0.39, 0.29) is 5.91 Å². The van der Waals surface area contributed by atoms with Crippen molar-refractivity contribution in [2.45, 2.75) is 13.0 Å². The van der Waals surface area contributed by atoms with Crippen LogP contribution < -0.4 is 0 Å². The van der Waals surface area contributed by atoms with Gasteiger partial charge in [-0.25, -0.2) is 4.98 Å². The van der Waals surface area contributed by atoms with Crippen molar-refractivity contribution >= 4 is 23.0 Å². The number of hydrogen-bond acceptors (Lipinski definition) is 3. The second-order valence-electron chi connectivity index (χ2n) is 5.90. The SMILES string of the molecule is O=C(/C=C\c1cnc2ccccc2n1)N1CCc2ccccc2C1. The van der Waals surface area contributed by atoms with Gasteiger partial charge in [0.25, 0.3) is 0 Å². The first-order valence-electron chi connectivity index (χ1n) is 8.05. The number of carbonyl (C=O) groups is 1. The lowest BCUT2D eigenvalue weighted by molar-refractivity contribution is -0.126. The molecule has 1 amide bonds. The fourth-order valence-corrected chi connectivity index (χ4v) is 3.00. The molecule has 0 spiro atoms. The van der Waals surface area contributed by atoms with Crippen molar-refractivity contribution < 1.29 is 4.79 Å². The van der Waals surface area contributed by atoms with Crippen LogP contribution in [0.2, 0.25) is 0 Å². The van der Waals surface area contributed by atoms with Gasteiger partial charge in [0.1, 0.15) is 0 Å². The number of rotatable bonds is 2. The lowest BCUT2D eigenvalue weighted by Crippen LogP contribution is -2.34. The van der Waals surface area contributed by atoms with Crippen molar-refractivity contribution in [2.75, 3.05) is 6.54 Å². The predicted molar refractivity (Wildman–Crippen MR) is 94.1 cm³/mol. The lowest BCUT2D eigenvalue weighted by atomic mass is 10.00. The summed E-state index contributed by atoms with van der Waals surface area (Å²) in [6, 6.07) is 16.0. The molecule has 0 N–H and O–H groups in total. The quantitative estimate of drug-likeness (QED) is 0.682. The Morgan fingerprint density at radius 2 is 1.75 bits per heavy atom. The van der Waals surface area contributed by atoms with Gasteiger partial charge in [-0.05, 0) is 35.8 Å². The number of amides is 1. The van der Waals surface area contributed by atoms with E-state index < -0.39 is 0 Å². The zero-order chi connectivity index (χ0) is 16.4. The maximum atomic E-state index is 12.4. The van der Waals surface area contributed by atoms with Crippen LogP contribution in [-0.2, 0) is 17.8 Å². The molecule has 4 nitrogen and oxygen atoms in total. The predicted octanol–water partition coefficient (Wildman–Crippen LogP) is 3.23. The van der Waals surface area contributed by atoms with Crippen molar-refractivity contribution in [1.82, 2.24) is 14.9 Å². The normalized spacial score (nSPS) is 14.1. The van der Waals surface area contributed by atoms with Crippen LogP contribution >= 0.6 is 0 Å². The molecule has 4 heteroatoms. The molecular formula is C20H17N3O. The van der Waals surface area contributed by atoms with Gasteiger partial charge in [0.05, 0.1) is 22.9 Å². The molecule has 1 aromatic heterocycles. The average Bonchev–Trinajstić information content (AvgIpc) is 2.65. The Labute approximate surface area is 140 Å². The second-order valence-corrected chi connectivity index (χ2v) is 5.90. The molecule has 0 unspecified atom stereocenters. The van der Waals surface area contributed by atoms with Gasteiger partial charge in [-0.3, -0.25) is 9.78 Å². The molecule has 0 saturated heterocycles. The molecule has 0 bridgehead atoms. The van der Waals surface area contributed by atoms with Gasteiger partial charge in [0, 0.05) is 19.2 Å². The largest absolute Gasteiger partial charge is 0.334 e. The van der Waals surface area contributed by atoms with E-state index in [1.54, 1.807) is 18.3 Å². The molecule has 0 fully saturated rings. The third kappa shape index (κ3) is 2.91. The minimum Gasteiger partial charge on any atom is -0.334 e. The van der Waals surface area contributed by atoms with Crippen molar-refractivity contribution in [1.29, 1.82) is 0 Å². The molecule has 4 rings (SSSR count). The van der Waals surface area contributed by atoms with Crippen LogP contribution in [-0.4, -0.2) is 27.3 Å². The standard InChI is InChI=1S/C20H17N3O/c24-20(23-12-11-15-5-1-2-6-16(15)14-23)10-9-17-13-21-18-7-3-4-8-19(18)22-17/h1-10,13H,11-12,14H2/b10-9-. The van der Waals surface area contributed by atoms with Crippen LogP contribution in [0.1, 0.15) is 16.8 Å². The molecule has 0 radical (unpaired) electrons. The molecule has 24 heavy (non-hydrogen) atoms. The van der Waals surface area contributed by atoms with Crippen LogP contribution in [0.5, 0.6) is 0 Å². The zero-order valence-electron chi connectivity index (χ0n) is 13.2. The van der Waals surface area contributed by atoms with E-state index in [1.807, 2.05) is 35.2 Å². The minimum absolute atomic E-state index is 0.0134. The van der Waals surface area contributed by atoms with Crippen LogP contribution in [0.25, 0.3) is 17.1 Å². The summed E-state index contributed by atoms with van der Waals surface area (Å²) < 4.78 is 0. The van der Waals surface area contributed by atoms with E-state index in [1.165, 1.54) is 11.1 Å². The number of carbonyl (C=O) groups excluding carboxylic acids is 1. The topological polar surface area (TPSA) is 46.1 Å². The minimum atomic E-state index is 0.0134. The summed E-state index contributed by atoms with van der Waals surface area (Å²) in [4.78, 5) is 23.2. The number of hydrogen-bond donors (Lipinski definition) is 0. The fraction of sp³-hybridized carbons (Fsp3) is 0.150. The fourth-order valence-electron chi connectivity index (χ4n) is 3.00. The van der Waals surface area contributed by atoms with Gasteiger partial charge in [0.2, 0.25) is 5.91 Å². The Morgan fingerprint density at radius 3 is 2.62 bits per heavy atom. The monoisotopic (exact) mass is 315 g/mol. The number of fused-ring (bicyclic) bond motifs is 2. The van der Waals surface area contributed by atoms with Crippen LogP contribution in [0.4, 0.5) is 0 Å². The molecule has 0 saturated carbocycles.